The van der Waals surface area contributed by atoms with E-state index >= 15 is 0 Å². The molecule has 2 aromatic carbocycles. The molecule has 0 aromatic heterocycles. The molecule has 118 valence electrons. The number of rotatable bonds is 3. The van der Waals surface area contributed by atoms with Crippen molar-refractivity contribution in [3.8, 4) is 0 Å². The number of nitrogens with one attached hydrogen (secondary N) is 2. The number of para-hydroxylation sites is 1. The minimum absolute atomic E-state index is 0.156. The minimum Gasteiger partial charge on any atom is -0.357 e. The Balaban J connectivity index is 1.79. The molecule has 0 saturated heterocycles. The predicted octanol–water partition coefficient (Wildman–Crippen LogP) is 2.07. The molecule has 5 heteroatoms. The van der Waals surface area contributed by atoms with Crippen LogP contribution in [-0.2, 0) is 17.8 Å². The Kier molecular flexibility index (Phi) is 4.28. The second kappa shape index (κ2) is 6.52. The van der Waals surface area contributed by atoms with Crippen molar-refractivity contribution in [2.75, 3.05) is 11.9 Å². The highest BCUT2D eigenvalue weighted by Gasteiger charge is 2.37. The first-order chi connectivity index (χ1) is 11.2. The highest BCUT2D eigenvalue weighted by molar-refractivity contribution is 6.02. The molecule has 0 spiro atoms. The van der Waals surface area contributed by atoms with E-state index in [1.165, 1.54) is 0 Å². The summed E-state index contributed by atoms with van der Waals surface area (Å²) >= 11 is 0. The number of urea groups is 1. The van der Waals surface area contributed by atoms with Gasteiger partial charge >= 0.3 is 6.03 Å². The number of carbonyl (C=O) groups is 2. The smallest absolute Gasteiger partial charge is 0.322 e. The summed E-state index contributed by atoms with van der Waals surface area (Å²) in [6, 6.07) is 16.6. The Bertz CT molecular complexity index is 715. The maximum absolute atomic E-state index is 12.6. The summed E-state index contributed by atoms with van der Waals surface area (Å²) in [4.78, 5) is 26.3. The average molecular weight is 309 g/mol. The lowest BCUT2D eigenvalue weighted by molar-refractivity contribution is -0.121. The first kappa shape index (κ1) is 15.1. The second-order valence-electron chi connectivity index (χ2n) is 5.48. The average Bonchev–Trinajstić information content (AvgIpc) is 2.99. The van der Waals surface area contributed by atoms with Gasteiger partial charge in [-0.1, -0.05) is 48.5 Å². The first-order valence-electron chi connectivity index (χ1n) is 7.61. The van der Waals surface area contributed by atoms with Crippen molar-refractivity contribution in [2.24, 2.45) is 0 Å². The van der Waals surface area contributed by atoms with E-state index in [4.69, 9.17) is 0 Å². The lowest BCUT2D eigenvalue weighted by Gasteiger charge is -2.24. The Labute approximate surface area is 135 Å². The number of fused-ring (bicyclic) bond motifs is 1. The van der Waals surface area contributed by atoms with Crippen LogP contribution >= 0.6 is 0 Å². The molecule has 1 heterocycles. The summed E-state index contributed by atoms with van der Waals surface area (Å²) < 4.78 is 0. The number of amides is 3. The van der Waals surface area contributed by atoms with Crippen LogP contribution in [0.5, 0.6) is 0 Å². The molecule has 3 amide bonds. The first-order valence-corrected chi connectivity index (χ1v) is 7.61. The molecule has 23 heavy (non-hydrogen) atoms. The van der Waals surface area contributed by atoms with Gasteiger partial charge in [0, 0.05) is 25.7 Å². The number of likely N-dealkylation sites (N-methyl/N-ethyl adjacent to an activating group) is 1. The van der Waals surface area contributed by atoms with Gasteiger partial charge in [-0.2, -0.15) is 0 Å². The van der Waals surface area contributed by atoms with Crippen LogP contribution in [0.4, 0.5) is 10.5 Å². The lowest BCUT2D eigenvalue weighted by atomic mass is 10.1. The highest BCUT2D eigenvalue weighted by atomic mass is 16.2. The zero-order chi connectivity index (χ0) is 16.2. The summed E-state index contributed by atoms with van der Waals surface area (Å²) in [5.74, 6) is -0.156. The largest absolute Gasteiger partial charge is 0.357 e. The molecule has 0 saturated carbocycles. The molecule has 0 aliphatic carbocycles. The van der Waals surface area contributed by atoms with Crippen LogP contribution in [0, 0.1) is 0 Å². The van der Waals surface area contributed by atoms with Gasteiger partial charge in [-0.3, -0.25) is 9.69 Å². The Morgan fingerprint density at radius 3 is 2.52 bits per heavy atom. The molecule has 0 radical (unpaired) electrons. The topological polar surface area (TPSA) is 61.4 Å². The summed E-state index contributed by atoms with van der Waals surface area (Å²) in [6.45, 7) is 0.429. The Morgan fingerprint density at radius 1 is 1.09 bits per heavy atom. The van der Waals surface area contributed by atoms with Crippen LogP contribution in [-0.4, -0.2) is 25.0 Å². The second-order valence-corrected chi connectivity index (χ2v) is 5.48. The normalized spacial score (nSPS) is 15.9. The number of hydrogen-bond acceptors (Lipinski definition) is 2. The molecule has 5 nitrogen and oxygen atoms in total. The third-order valence-corrected chi connectivity index (χ3v) is 4.03. The molecule has 0 fully saturated rings. The molecule has 1 atom stereocenters. The number of nitrogens with zero attached hydrogens (tertiary/aromatic N) is 1. The zero-order valence-corrected chi connectivity index (χ0v) is 13.0. The van der Waals surface area contributed by atoms with Crippen LogP contribution in [0.15, 0.2) is 54.6 Å². The number of anilines is 1. The van der Waals surface area contributed by atoms with Crippen LogP contribution < -0.4 is 15.5 Å². The van der Waals surface area contributed by atoms with Gasteiger partial charge < -0.3 is 10.6 Å². The third-order valence-electron chi connectivity index (χ3n) is 4.03. The molecule has 0 unspecified atom stereocenters. The molecule has 2 N–H and O–H groups in total. The van der Waals surface area contributed by atoms with Gasteiger partial charge in [-0.05, 0) is 17.2 Å². The fraction of sp³-hybridized carbons (Fsp3) is 0.222. The molecular weight excluding hydrogens is 290 g/mol. The standard InChI is InChI=1S/C18H19N3O2/c1-19-17(22)16-11-14-9-5-6-10-15(14)21(16)18(23)20-12-13-7-3-2-4-8-13/h2-10,16H,11-12H2,1H3,(H,19,22)(H,20,23)/t16-/m1/s1. The van der Waals surface area contributed by atoms with Crippen molar-refractivity contribution in [3.63, 3.8) is 0 Å². The van der Waals surface area contributed by atoms with Crippen LogP contribution in [0.2, 0.25) is 0 Å². The summed E-state index contributed by atoms with van der Waals surface area (Å²) in [7, 11) is 1.59. The van der Waals surface area contributed by atoms with E-state index in [-0.39, 0.29) is 11.9 Å². The van der Waals surface area contributed by atoms with Crippen molar-refractivity contribution in [2.45, 2.75) is 19.0 Å². The third kappa shape index (κ3) is 3.04. The van der Waals surface area contributed by atoms with Gasteiger partial charge in [-0.25, -0.2) is 4.79 Å². The monoisotopic (exact) mass is 309 g/mol. The van der Waals surface area contributed by atoms with Crippen molar-refractivity contribution in [1.82, 2.24) is 10.6 Å². The summed E-state index contributed by atoms with van der Waals surface area (Å²) in [5, 5.41) is 5.54. The van der Waals surface area contributed by atoms with Gasteiger partial charge in [0.15, 0.2) is 0 Å². The Hall–Kier alpha value is -2.82. The van der Waals surface area contributed by atoms with E-state index in [9.17, 15) is 9.59 Å². The predicted molar refractivity (Wildman–Crippen MR) is 89.2 cm³/mol. The lowest BCUT2D eigenvalue weighted by Crippen LogP contribution is -2.50. The SMILES string of the molecule is CNC(=O)[C@H]1Cc2ccccc2N1C(=O)NCc1ccccc1. The van der Waals surface area contributed by atoms with Crippen LogP contribution in [0.3, 0.4) is 0 Å². The van der Waals surface area contributed by atoms with E-state index < -0.39 is 6.04 Å². The van der Waals surface area contributed by atoms with Gasteiger partial charge in [0.1, 0.15) is 6.04 Å². The van der Waals surface area contributed by atoms with Crippen molar-refractivity contribution in [3.05, 3.63) is 65.7 Å². The van der Waals surface area contributed by atoms with Gasteiger partial charge in [-0.15, -0.1) is 0 Å². The van der Waals surface area contributed by atoms with Gasteiger partial charge in [0.25, 0.3) is 0 Å². The summed E-state index contributed by atoms with van der Waals surface area (Å²) in [5.41, 5.74) is 2.83. The van der Waals surface area contributed by atoms with E-state index in [1.54, 1.807) is 11.9 Å². The number of carbonyl (C=O) groups excluding carboxylic acids is 2. The zero-order valence-electron chi connectivity index (χ0n) is 13.0. The van der Waals surface area contributed by atoms with E-state index in [1.807, 2.05) is 54.6 Å². The Morgan fingerprint density at radius 2 is 1.78 bits per heavy atom. The van der Waals surface area contributed by atoms with Gasteiger partial charge in [0.2, 0.25) is 5.91 Å². The number of hydrogen-bond donors (Lipinski definition) is 2. The van der Waals surface area contributed by atoms with Crippen molar-refractivity contribution < 1.29 is 9.59 Å². The molecular formula is C18H19N3O2. The van der Waals surface area contributed by atoms with E-state index in [0.717, 1.165) is 16.8 Å². The van der Waals surface area contributed by atoms with Gasteiger partial charge in [0.05, 0.1) is 0 Å². The highest BCUT2D eigenvalue weighted by Crippen LogP contribution is 2.32. The van der Waals surface area contributed by atoms with E-state index in [0.29, 0.717) is 13.0 Å². The fourth-order valence-corrected chi connectivity index (χ4v) is 2.87. The molecule has 1 aliphatic rings. The fourth-order valence-electron chi connectivity index (χ4n) is 2.87. The quantitative estimate of drug-likeness (QED) is 0.912. The van der Waals surface area contributed by atoms with Crippen molar-refractivity contribution >= 4 is 17.6 Å². The molecule has 2 aromatic rings. The van der Waals surface area contributed by atoms with Crippen LogP contribution in [0.25, 0.3) is 0 Å². The molecule has 1 aliphatic heterocycles. The van der Waals surface area contributed by atoms with Crippen molar-refractivity contribution in [1.29, 1.82) is 0 Å². The number of benzene rings is 2. The van der Waals surface area contributed by atoms with Crippen LogP contribution in [0.1, 0.15) is 11.1 Å². The maximum Gasteiger partial charge on any atom is 0.322 e. The molecule has 3 rings (SSSR count). The molecule has 0 bridgehead atoms. The minimum atomic E-state index is -0.506. The maximum atomic E-state index is 12.6. The van der Waals surface area contributed by atoms with E-state index in [2.05, 4.69) is 10.6 Å². The summed E-state index contributed by atoms with van der Waals surface area (Å²) in [6.07, 6.45) is 0.536.